The molecule has 0 unspecified atom stereocenters. The molecule has 0 radical (unpaired) electrons. The zero-order valence-corrected chi connectivity index (χ0v) is 19.9. The fourth-order valence-electron chi connectivity index (χ4n) is 3.17. The number of ether oxygens (including phenoxy) is 2. The molecule has 0 bridgehead atoms. The number of methoxy groups -OCH3 is 1. The third-order valence-corrected chi connectivity index (χ3v) is 5.47. The van der Waals surface area contributed by atoms with Crippen molar-refractivity contribution in [2.75, 3.05) is 12.4 Å². The molecule has 0 spiro atoms. The maximum absolute atomic E-state index is 12.3. The normalized spacial score (nSPS) is 11.6. The Morgan fingerprint density at radius 1 is 1.06 bits per heavy atom. The van der Waals surface area contributed by atoms with Crippen LogP contribution in [-0.4, -0.2) is 23.2 Å². The van der Waals surface area contributed by atoms with Gasteiger partial charge >= 0.3 is 0 Å². The summed E-state index contributed by atoms with van der Waals surface area (Å²) in [5.74, 6) is 1.81. The first-order valence-corrected chi connectivity index (χ1v) is 11.2. The van der Waals surface area contributed by atoms with Gasteiger partial charge in [0.05, 0.1) is 18.6 Å². The summed E-state index contributed by atoms with van der Waals surface area (Å²) in [7, 11) is 1.60. The van der Waals surface area contributed by atoms with Crippen molar-refractivity contribution in [3.8, 4) is 22.9 Å². The molecule has 7 nitrogen and oxygen atoms in total. The van der Waals surface area contributed by atoms with E-state index in [1.807, 2.05) is 24.3 Å². The second kappa shape index (κ2) is 10.6. The molecule has 4 rings (SSSR count). The lowest BCUT2D eigenvalue weighted by atomic mass is 10.1. The molecular formula is C25H21Cl2N3O4. The quantitative estimate of drug-likeness (QED) is 0.304. The van der Waals surface area contributed by atoms with E-state index in [0.29, 0.717) is 33.2 Å². The maximum Gasteiger partial charge on any atom is 0.267 e. The van der Waals surface area contributed by atoms with E-state index in [2.05, 4.69) is 15.5 Å². The Balaban J connectivity index is 1.36. The van der Waals surface area contributed by atoms with Gasteiger partial charge in [-0.1, -0.05) is 40.5 Å². The van der Waals surface area contributed by atoms with Crippen molar-refractivity contribution in [3.05, 3.63) is 88.2 Å². The average molecular weight is 498 g/mol. The van der Waals surface area contributed by atoms with Crippen LogP contribution in [-0.2, 0) is 11.2 Å². The molecule has 1 atom stereocenters. The van der Waals surface area contributed by atoms with Gasteiger partial charge in [0.2, 0.25) is 11.7 Å². The van der Waals surface area contributed by atoms with Crippen LogP contribution < -0.4 is 14.8 Å². The molecule has 1 heterocycles. The Kier molecular flexibility index (Phi) is 7.35. The molecule has 1 aromatic heterocycles. The number of carbonyl (C=O) groups excluding carboxylic acids is 1. The van der Waals surface area contributed by atoms with Gasteiger partial charge in [-0.2, -0.15) is 4.98 Å². The van der Waals surface area contributed by atoms with E-state index in [9.17, 15) is 4.79 Å². The first-order chi connectivity index (χ1) is 16.4. The molecule has 0 aliphatic carbocycles. The van der Waals surface area contributed by atoms with Crippen LogP contribution in [0, 0.1) is 0 Å². The Morgan fingerprint density at radius 2 is 1.79 bits per heavy atom. The number of carbonyl (C=O) groups is 1. The summed E-state index contributed by atoms with van der Waals surface area (Å²) in [6.45, 7) is 1.78. The Hall–Kier alpha value is -3.55. The van der Waals surface area contributed by atoms with Gasteiger partial charge < -0.3 is 19.3 Å². The van der Waals surface area contributed by atoms with Crippen molar-refractivity contribution >= 4 is 34.8 Å². The van der Waals surface area contributed by atoms with Crippen LogP contribution >= 0.6 is 23.2 Å². The summed E-state index contributed by atoms with van der Waals surface area (Å²) in [6, 6.07) is 19.5. The maximum atomic E-state index is 12.3. The number of benzene rings is 3. The highest BCUT2D eigenvalue weighted by atomic mass is 35.5. The Morgan fingerprint density at radius 3 is 2.47 bits per heavy atom. The first-order valence-electron chi connectivity index (χ1n) is 10.4. The first kappa shape index (κ1) is 23.6. The molecular weight excluding hydrogens is 477 g/mol. The molecule has 3 aromatic carbocycles. The fraction of sp³-hybridized carbons (Fsp3) is 0.160. The SMILES string of the molecule is COc1ccc(CC(=O)Nc2ccc(-c3noc([C@@H](C)Oc4ccc(Cl)cc4Cl)n3)cc2)cc1. The van der Waals surface area contributed by atoms with Gasteiger partial charge in [0, 0.05) is 16.3 Å². The summed E-state index contributed by atoms with van der Waals surface area (Å²) in [4.78, 5) is 16.8. The third-order valence-electron chi connectivity index (χ3n) is 4.94. The van der Waals surface area contributed by atoms with E-state index in [0.717, 1.165) is 16.9 Å². The molecule has 0 aliphatic rings. The number of halogens is 2. The Labute approximate surface area is 206 Å². The molecule has 0 saturated carbocycles. The third kappa shape index (κ3) is 5.87. The molecule has 0 saturated heterocycles. The van der Waals surface area contributed by atoms with Gasteiger partial charge in [-0.05, 0) is 67.1 Å². The lowest BCUT2D eigenvalue weighted by Gasteiger charge is -2.12. The van der Waals surface area contributed by atoms with Gasteiger partial charge in [0.1, 0.15) is 11.5 Å². The van der Waals surface area contributed by atoms with Crippen LogP contribution in [0.5, 0.6) is 11.5 Å². The zero-order chi connectivity index (χ0) is 24.1. The molecule has 0 fully saturated rings. The van der Waals surface area contributed by atoms with Crippen molar-refractivity contribution in [2.45, 2.75) is 19.4 Å². The van der Waals surface area contributed by atoms with Crippen LogP contribution in [0.15, 0.2) is 71.3 Å². The van der Waals surface area contributed by atoms with Gasteiger partial charge in [0.15, 0.2) is 6.10 Å². The summed E-state index contributed by atoms with van der Waals surface area (Å²) in [6.07, 6.45) is -0.258. The molecule has 4 aromatic rings. The second-order valence-corrected chi connectivity index (χ2v) is 8.29. The molecule has 174 valence electrons. The second-order valence-electron chi connectivity index (χ2n) is 7.44. The molecule has 1 N–H and O–H groups in total. The van der Waals surface area contributed by atoms with Crippen LogP contribution in [0.2, 0.25) is 10.0 Å². The highest BCUT2D eigenvalue weighted by molar-refractivity contribution is 6.35. The minimum absolute atomic E-state index is 0.119. The molecule has 1 amide bonds. The van der Waals surface area contributed by atoms with Crippen molar-refractivity contribution in [1.82, 2.24) is 10.1 Å². The van der Waals surface area contributed by atoms with E-state index in [1.165, 1.54) is 0 Å². The molecule has 34 heavy (non-hydrogen) atoms. The fourth-order valence-corrected chi connectivity index (χ4v) is 3.62. The van der Waals surface area contributed by atoms with E-state index in [1.54, 1.807) is 56.5 Å². The highest BCUT2D eigenvalue weighted by Gasteiger charge is 2.18. The van der Waals surface area contributed by atoms with E-state index in [-0.39, 0.29) is 12.3 Å². The van der Waals surface area contributed by atoms with Gasteiger partial charge in [-0.25, -0.2) is 0 Å². The smallest absolute Gasteiger partial charge is 0.267 e. The largest absolute Gasteiger partial charge is 0.497 e. The monoisotopic (exact) mass is 497 g/mol. The van der Waals surface area contributed by atoms with E-state index < -0.39 is 6.10 Å². The van der Waals surface area contributed by atoms with Gasteiger partial charge in [-0.3, -0.25) is 4.79 Å². The number of nitrogens with one attached hydrogen (secondary N) is 1. The van der Waals surface area contributed by atoms with E-state index in [4.69, 9.17) is 37.2 Å². The number of amides is 1. The lowest BCUT2D eigenvalue weighted by Crippen LogP contribution is -2.14. The summed E-state index contributed by atoms with van der Waals surface area (Å²) < 4.78 is 16.3. The van der Waals surface area contributed by atoms with Crippen LogP contribution in [0.3, 0.4) is 0 Å². The minimum atomic E-state index is -0.517. The Bertz CT molecular complexity index is 1270. The van der Waals surface area contributed by atoms with Crippen LogP contribution in [0.1, 0.15) is 24.5 Å². The topological polar surface area (TPSA) is 86.5 Å². The zero-order valence-electron chi connectivity index (χ0n) is 18.4. The number of rotatable bonds is 8. The number of anilines is 1. The van der Waals surface area contributed by atoms with Crippen molar-refractivity contribution < 1.29 is 18.8 Å². The molecule has 9 heteroatoms. The van der Waals surface area contributed by atoms with Crippen molar-refractivity contribution in [3.63, 3.8) is 0 Å². The summed E-state index contributed by atoms with van der Waals surface area (Å²) in [5, 5.41) is 7.82. The van der Waals surface area contributed by atoms with E-state index >= 15 is 0 Å². The van der Waals surface area contributed by atoms with Gasteiger partial charge in [0.25, 0.3) is 5.89 Å². The van der Waals surface area contributed by atoms with Crippen molar-refractivity contribution in [2.24, 2.45) is 0 Å². The molecule has 0 aliphatic heterocycles. The minimum Gasteiger partial charge on any atom is -0.497 e. The van der Waals surface area contributed by atoms with Gasteiger partial charge in [-0.15, -0.1) is 0 Å². The number of hydrogen-bond acceptors (Lipinski definition) is 6. The average Bonchev–Trinajstić information content (AvgIpc) is 3.32. The van der Waals surface area contributed by atoms with Crippen LogP contribution in [0.25, 0.3) is 11.4 Å². The highest BCUT2D eigenvalue weighted by Crippen LogP contribution is 2.31. The standard InChI is InChI=1S/C25H21Cl2N3O4/c1-15(33-22-12-7-18(26)14-21(22)27)25-29-24(30-34-25)17-5-8-19(9-6-17)28-23(31)13-16-3-10-20(32-2)11-4-16/h3-12,14-15H,13H2,1-2H3,(H,28,31)/t15-/m1/s1. The predicted molar refractivity (Wildman–Crippen MR) is 131 cm³/mol. The van der Waals surface area contributed by atoms with Crippen LogP contribution in [0.4, 0.5) is 5.69 Å². The summed E-state index contributed by atoms with van der Waals surface area (Å²) in [5.41, 5.74) is 2.30. The number of aromatic nitrogens is 2. The van der Waals surface area contributed by atoms with Crippen molar-refractivity contribution in [1.29, 1.82) is 0 Å². The predicted octanol–water partition coefficient (Wildman–Crippen LogP) is 6.37. The summed E-state index contributed by atoms with van der Waals surface area (Å²) >= 11 is 12.1. The lowest BCUT2D eigenvalue weighted by molar-refractivity contribution is -0.115. The number of hydrogen-bond donors (Lipinski definition) is 1. The number of nitrogens with zero attached hydrogens (tertiary/aromatic N) is 2.